The summed E-state index contributed by atoms with van der Waals surface area (Å²) in [5.41, 5.74) is -1.62. The molecule has 0 bridgehead atoms. The van der Waals surface area contributed by atoms with E-state index in [2.05, 4.69) is 6.92 Å². The van der Waals surface area contributed by atoms with Crippen molar-refractivity contribution >= 4 is 11.8 Å². The first-order chi connectivity index (χ1) is 13.6. The Bertz CT molecular complexity index is 805. The van der Waals surface area contributed by atoms with E-state index in [0.29, 0.717) is 44.1 Å². The number of hydrogen-bond acceptors (Lipinski definition) is 3. The van der Waals surface area contributed by atoms with Crippen LogP contribution in [0.2, 0.25) is 0 Å². The topological polar surface area (TPSA) is 62.6 Å². The Balaban J connectivity index is 1.55. The lowest BCUT2D eigenvalue weighted by Gasteiger charge is -2.36. The Kier molecular flexibility index (Phi) is 6.33. The van der Waals surface area contributed by atoms with Gasteiger partial charge in [0, 0.05) is 44.4 Å². The van der Waals surface area contributed by atoms with Gasteiger partial charge in [-0.15, -0.1) is 0 Å². The number of carbonyl (C=O) groups excluding carboxylic acids is 2. The zero-order valence-electron chi connectivity index (χ0n) is 16.5. The van der Waals surface area contributed by atoms with E-state index < -0.39 is 29.8 Å². The number of carbonyl (C=O) groups is 2. The summed E-state index contributed by atoms with van der Waals surface area (Å²) in [6.45, 7) is 4.03. The first-order valence-corrected chi connectivity index (χ1v) is 9.99. The van der Waals surface area contributed by atoms with Crippen LogP contribution in [0.3, 0.4) is 0 Å². The monoisotopic (exact) mass is 413 g/mol. The number of halogens is 3. The number of aromatic nitrogens is 1. The third kappa shape index (κ3) is 5.19. The number of rotatable bonds is 3. The molecule has 2 aliphatic heterocycles. The molecule has 29 heavy (non-hydrogen) atoms. The average Bonchev–Trinajstić information content (AvgIpc) is 2.69. The lowest BCUT2D eigenvalue weighted by molar-refractivity contribution is -0.142. The minimum Gasteiger partial charge on any atom is -0.342 e. The Morgan fingerprint density at radius 2 is 1.59 bits per heavy atom. The molecule has 0 spiro atoms. The molecule has 2 fully saturated rings. The normalized spacial score (nSPS) is 19.4. The molecule has 0 saturated carbocycles. The second kappa shape index (κ2) is 8.59. The molecule has 0 N–H and O–H groups in total. The van der Waals surface area contributed by atoms with Gasteiger partial charge in [0.1, 0.15) is 6.54 Å². The number of alkyl halides is 3. The maximum absolute atomic E-state index is 12.8. The first kappa shape index (κ1) is 21.4. The van der Waals surface area contributed by atoms with Crippen molar-refractivity contribution in [2.24, 2.45) is 11.8 Å². The predicted octanol–water partition coefficient (Wildman–Crippen LogP) is 2.36. The van der Waals surface area contributed by atoms with Gasteiger partial charge in [-0.25, -0.2) is 0 Å². The van der Waals surface area contributed by atoms with Gasteiger partial charge in [-0.1, -0.05) is 6.92 Å². The van der Waals surface area contributed by atoms with Crippen LogP contribution in [0.4, 0.5) is 13.2 Å². The molecule has 2 aliphatic rings. The van der Waals surface area contributed by atoms with Crippen molar-refractivity contribution in [1.29, 1.82) is 0 Å². The van der Waals surface area contributed by atoms with E-state index in [0.717, 1.165) is 36.6 Å². The summed E-state index contributed by atoms with van der Waals surface area (Å²) in [6, 6.07) is 1.53. The van der Waals surface area contributed by atoms with Gasteiger partial charge >= 0.3 is 6.18 Å². The molecular weight excluding hydrogens is 387 g/mol. The molecule has 0 unspecified atom stereocenters. The van der Waals surface area contributed by atoms with Crippen LogP contribution in [-0.4, -0.2) is 52.4 Å². The Labute approximate surface area is 167 Å². The third-order valence-corrected chi connectivity index (χ3v) is 5.91. The lowest BCUT2D eigenvalue weighted by atomic mass is 9.92. The third-order valence-electron chi connectivity index (χ3n) is 5.91. The van der Waals surface area contributed by atoms with E-state index in [1.54, 1.807) is 0 Å². The molecule has 1 aromatic heterocycles. The Morgan fingerprint density at radius 3 is 2.17 bits per heavy atom. The SMILES string of the molecule is CC1CCN(C(=O)C2CCN(C(=O)Cn3cc(C(F)(F)F)ccc3=O)CC2)CC1. The molecule has 6 nitrogen and oxygen atoms in total. The van der Waals surface area contributed by atoms with E-state index in [-0.39, 0.29) is 11.8 Å². The van der Waals surface area contributed by atoms with E-state index in [4.69, 9.17) is 0 Å². The number of likely N-dealkylation sites (tertiary alicyclic amines) is 2. The highest BCUT2D eigenvalue weighted by molar-refractivity contribution is 5.80. The van der Waals surface area contributed by atoms with E-state index in [1.807, 2.05) is 4.90 Å². The fourth-order valence-corrected chi connectivity index (χ4v) is 3.93. The summed E-state index contributed by atoms with van der Waals surface area (Å²) < 4.78 is 39.3. The van der Waals surface area contributed by atoms with E-state index in [9.17, 15) is 27.6 Å². The number of amides is 2. The molecule has 3 rings (SSSR count). The van der Waals surface area contributed by atoms with E-state index >= 15 is 0 Å². The highest BCUT2D eigenvalue weighted by Gasteiger charge is 2.33. The largest absolute Gasteiger partial charge is 0.417 e. The van der Waals surface area contributed by atoms with Crippen molar-refractivity contribution in [3.63, 3.8) is 0 Å². The zero-order chi connectivity index (χ0) is 21.2. The van der Waals surface area contributed by atoms with Crippen LogP contribution in [0, 0.1) is 11.8 Å². The van der Waals surface area contributed by atoms with Gasteiger partial charge in [-0.2, -0.15) is 13.2 Å². The lowest BCUT2D eigenvalue weighted by Crippen LogP contribution is -2.47. The van der Waals surface area contributed by atoms with Gasteiger partial charge in [-0.05, 0) is 37.7 Å². The standard InChI is InChI=1S/C20H26F3N3O3/c1-14-4-8-25(9-5-14)19(29)15-6-10-24(11-7-15)18(28)13-26-12-16(20(21,22)23)2-3-17(26)27/h2-3,12,14-15H,4-11,13H2,1H3. The smallest absolute Gasteiger partial charge is 0.342 e. The maximum atomic E-state index is 12.8. The average molecular weight is 413 g/mol. The molecular formula is C20H26F3N3O3. The first-order valence-electron chi connectivity index (χ1n) is 9.99. The molecule has 9 heteroatoms. The van der Waals surface area contributed by atoms with Crippen LogP contribution in [0.5, 0.6) is 0 Å². The summed E-state index contributed by atoms with van der Waals surface area (Å²) >= 11 is 0. The summed E-state index contributed by atoms with van der Waals surface area (Å²) in [7, 11) is 0. The van der Waals surface area contributed by atoms with Crippen molar-refractivity contribution < 1.29 is 22.8 Å². The predicted molar refractivity (Wildman–Crippen MR) is 100.0 cm³/mol. The number of nitrogens with zero attached hydrogens (tertiary/aromatic N) is 3. The highest BCUT2D eigenvalue weighted by Crippen LogP contribution is 2.28. The molecule has 0 aromatic carbocycles. The zero-order valence-corrected chi connectivity index (χ0v) is 16.5. The fraction of sp³-hybridized carbons (Fsp3) is 0.650. The fourth-order valence-electron chi connectivity index (χ4n) is 3.93. The van der Waals surface area contributed by atoms with Gasteiger partial charge in [0.15, 0.2) is 0 Å². The van der Waals surface area contributed by atoms with Crippen molar-refractivity contribution in [1.82, 2.24) is 14.4 Å². The van der Waals surface area contributed by atoms with Gasteiger partial charge in [0.05, 0.1) is 5.56 Å². The number of piperidine rings is 2. The minimum absolute atomic E-state index is 0.122. The molecule has 0 radical (unpaired) electrons. The van der Waals surface area contributed by atoms with Gasteiger partial charge < -0.3 is 14.4 Å². The van der Waals surface area contributed by atoms with Crippen molar-refractivity contribution in [3.8, 4) is 0 Å². The van der Waals surface area contributed by atoms with Crippen molar-refractivity contribution in [2.75, 3.05) is 26.2 Å². The summed E-state index contributed by atoms with van der Waals surface area (Å²) in [6.07, 6.45) is -0.816. The van der Waals surface area contributed by atoms with Gasteiger partial charge in [0.2, 0.25) is 11.8 Å². The maximum Gasteiger partial charge on any atom is 0.417 e. The molecule has 0 atom stereocenters. The van der Waals surface area contributed by atoms with Crippen LogP contribution in [0.1, 0.15) is 38.2 Å². The van der Waals surface area contributed by atoms with Crippen LogP contribution in [-0.2, 0) is 22.3 Å². The molecule has 2 saturated heterocycles. The van der Waals surface area contributed by atoms with Crippen LogP contribution in [0.15, 0.2) is 23.1 Å². The van der Waals surface area contributed by atoms with Gasteiger partial charge in [0.25, 0.3) is 5.56 Å². The number of pyridine rings is 1. The van der Waals surface area contributed by atoms with Crippen molar-refractivity contribution in [3.05, 3.63) is 34.2 Å². The molecule has 160 valence electrons. The summed E-state index contributed by atoms with van der Waals surface area (Å²) in [4.78, 5) is 40.4. The van der Waals surface area contributed by atoms with Crippen LogP contribution >= 0.6 is 0 Å². The van der Waals surface area contributed by atoms with Crippen LogP contribution < -0.4 is 5.56 Å². The quantitative estimate of drug-likeness (QED) is 0.764. The molecule has 0 aliphatic carbocycles. The number of hydrogen-bond donors (Lipinski definition) is 0. The molecule has 1 aromatic rings. The van der Waals surface area contributed by atoms with Crippen LogP contribution in [0.25, 0.3) is 0 Å². The highest BCUT2D eigenvalue weighted by atomic mass is 19.4. The second-order valence-corrected chi connectivity index (χ2v) is 8.04. The Hall–Kier alpha value is -2.32. The molecule has 2 amide bonds. The van der Waals surface area contributed by atoms with Gasteiger partial charge in [-0.3, -0.25) is 14.4 Å². The molecule has 3 heterocycles. The summed E-state index contributed by atoms with van der Waals surface area (Å²) in [5, 5.41) is 0. The second-order valence-electron chi connectivity index (χ2n) is 8.04. The Morgan fingerprint density at radius 1 is 1.00 bits per heavy atom. The minimum atomic E-state index is -4.58. The van der Waals surface area contributed by atoms with E-state index in [1.165, 1.54) is 4.90 Å². The summed E-state index contributed by atoms with van der Waals surface area (Å²) in [5.74, 6) is 0.240. The van der Waals surface area contributed by atoms with Crippen molar-refractivity contribution in [2.45, 2.75) is 45.3 Å².